The monoisotopic (exact) mass is 441 g/mol. The van der Waals surface area contributed by atoms with Gasteiger partial charge in [0.05, 0.1) is 35.3 Å². The third-order valence-electron chi connectivity index (χ3n) is 5.44. The number of benzene rings is 1. The van der Waals surface area contributed by atoms with Gasteiger partial charge in [0.15, 0.2) is 0 Å². The first kappa shape index (κ1) is 21.7. The Kier molecular flexibility index (Phi) is 6.07. The highest BCUT2D eigenvalue weighted by Crippen LogP contribution is 2.31. The molecule has 4 rings (SSSR count). The first-order valence-electron chi connectivity index (χ1n) is 10.2. The highest BCUT2D eigenvalue weighted by atomic mass is 19.4. The molecule has 0 aliphatic carbocycles. The Morgan fingerprint density at radius 2 is 1.91 bits per heavy atom. The van der Waals surface area contributed by atoms with Gasteiger partial charge in [-0.05, 0) is 25.0 Å². The summed E-state index contributed by atoms with van der Waals surface area (Å²) >= 11 is 0. The summed E-state index contributed by atoms with van der Waals surface area (Å²) in [6.07, 6.45) is 1.97. The molecular weight excluding hydrogens is 419 g/mol. The zero-order chi connectivity index (χ0) is 22.7. The fourth-order valence-electron chi connectivity index (χ4n) is 3.80. The van der Waals surface area contributed by atoms with E-state index in [2.05, 4.69) is 20.3 Å². The van der Waals surface area contributed by atoms with E-state index < -0.39 is 11.7 Å². The quantitative estimate of drug-likeness (QED) is 0.652. The molecule has 0 spiro atoms. The molecule has 1 atom stereocenters. The fourth-order valence-corrected chi connectivity index (χ4v) is 3.80. The van der Waals surface area contributed by atoms with Gasteiger partial charge in [-0.3, -0.25) is 19.7 Å². The van der Waals surface area contributed by atoms with Crippen molar-refractivity contribution in [3.63, 3.8) is 0 Å². The topological polar surface area (TPSA) is 71.0 Å². The average molecular weight is 441 g/mol. The summed E-state index contributed by atoms with van der Waals surface area (Å²) in [5.41, 5.74) is 3.07. The van der Waals surface area contributed by atoms with E-state index in [4.69, 9.17) is 0 Å². The average Bonchev–Trinajstić information content (AvgIpc) is 3.23. The predicted molar refractivity (Wildman–Crippen MR) is 114 cm³/mol. The van der Waals surface area contributed by atoms with Gasteiger partial charge in [-0.15, -0.1) is 0 Å². The first-order valence-corrected chi connectivity index (χ1v) is 10.2. The van der Waals surface area contributed by atoms with Gasteiger partial charge in [0.25, 0.3) is 0 Å². The minimum Gasteiger partial charge on any atom is -0.368 e. The fraction of sp³-hybridized carbons (Fsp3) is 0.304. The molecule has 2 aromatic heterocycles. The van der Waals surface area contributed by atoms with Crippen LogP contribution in [-0.4, -0.2) is 40.0 Å². The Morgan fingerprint density at radius 3 is 2.62 bits per heavy atom. The number of pyridine rings is 1. The molecule has 9 heteroatoms. The molecule has 3 heterocycles. The Balaban J connectivity index is 1.33. The number of hydrogen-bond acceptors (Lipinski definition) is 5. The summed E-state index contributed by atoms with van der Waals surface area (Å²) in [4.78, 5) is 26.6. The molecule has 1 amide bonds. The van der Waals surface area contributed by atoms with E-state index in [0.29, 0.717) is 25.2 Å². The summed E-state index contributed by atoms with van der Waals surface area (Å²) in [6.45, 7) is 2.89. The van der Waals surface area contributed by atoms with Gasteiger partial charge in [-0.25, -0.2) is 0 Å². The van der Waals surface area contributed by atoms with E-state index >= 15 is 0 Å². The smallest absolute Gasteiger partial charge is 0.368 e. The van der Waals surface area contributed by atoms with E-state index in [1.165, 1.54) is 6.20 Å². The number of nitrogens with one attached hydrogen (secondary N) is 1. The second-order valence-corrected chi connectivity index (χ2v) is 7.79. The number of rotatable bonds is 5. The van der Waals surface area contributed by atoms with Gasteiger partial charge < -0.3 is 10.2 Å². The van der Waals surface area contributed by atoms with Gasteiger partial charge in [-0.1, -0.05) is 24.3 Å². The number of amides is 1. The van der Waals surface area contributed by atoms with E-state index in [1.807, 2.05) is 36.1 Å². The lowest BCUT2D eigenvalue weighted by molar-refractivity contribution is -0.137. The highest BCUT2D eigenvalue weighted by Gasteiger charge is 2.32. The first-order chi connectivity index (χ1) is 15.3. The van der Waals surface area contributed by atoms with Gasteiger partial charge in [0.2, 0.25) is 5.91 Å². The number of anilines is 1. The minimum atomic E-state index is -4.43. The summed E-state index contributed by atoms with van der Waals surface area (Å²) in [6, 6.07) is 8.57. The SMILES string of the molecule is Cc1nccnc1-c1ccc(CC(=O)NC2CCN(c3cncc(C(F)(F)F)c3)C2)cc1. The van der Waals surface area contributed by atoms with Crippen LogP contribution in [0, 0.1) is 6.92 Å². The van der Waals surface area contributed by atoms with Crippen molar-refractivity contribution in [2.45, 2.75) is 32.0 Å². The molecule has 1 aliphatic rings. The van der Waals surface area contributed by atoms with E-state index in [-0.39, 0.29) is 18.4 Å². The summed E-state index contributed by atoms with van der Waals surface area (Å²) in [5, 5.41) is 2.98. The zero-order valence-electron chi connectivity index (χ0n) is 17.4. The molecule has 0 saturated carbocycles. The van der Waals surface area contributed by atoms with Crippen molar-refractivity contribution in [2.75, 3.05) is 18.0 Å². The van der Waals surface area contributed by atoms with Crippen LogP contribution in [-0.2, 0) is 17.4 Å². The van der Waals surface area contributed by atoms with E-state index in [1.54, 1.807) is 12.4 Å². The lowest BCUT2D eigenvalue weighted by Gasteiger charge is -2.20. The van der Waals surface area contributed by atoms with Crippen molar-refractivity contribution in [1.82, 2.24) is 20.3 Å². The van der Waals surface area contributed by atoms with Crippen LogP contribution in [0.3, 0.4) is 0 Å². The van der Waals surface area contributed by atoms with Crippen LogP contribution < -0.4 is 10.2 Å². The molecular formula is C23H22F3N5O. The van der Waals surface area contributed by atoms with Crippen LogP contribution in [0.5, 0.6) is 0 Å². The number of carbonyl (C=O) groups excluding carboxylic acids is 1. The van der Waals surface area contributed by atoms with Crippen LogP contribution in [0.25, 0.3) is 11.3 Å². The van der Waals surface area contributed by atoms with E-state index in [9.17, 15) is 18.0 Å². The molecule has 6 nitrogen and oxygen atoms in total. The standard InChI is InChI=1S/C23H22F3N5O/c1-15-22(29-8-7-28-15)17-4-2-16(3-5-17)10-21(32)30-19-6-9-31(14-19)20-11-18(12-27-13-20)23(24,25)26/h2-5,7-8,11-13,19H,6,9-10,14H2,1H3,(H,30,32). The molecule has 1 saturated heterocycles. The van der Waals surface area contributed by atoms with Crippen LogP contribution in [0.1, 0.15) is 23.2 Å². The number of aromatic nitrogens is 3. The molecule has 1 aromatic carbocycles. The molecule has 166 valence electrons. The van der Waals surface area contributed by atoms with Crippen molar-refractivity contribution < 1.29 is 18.0 Å². The maximum atomic E-state index is 12.9. The van der Waals surface area contributed by atoms with Crippen LogP contribution >= 0.6 is 0 Å². The largest absolute Gasteiger partial charge is 0.417 e. The summed E-state index contributed by atoms with van der Waals surface area (Å²) in [5.74, 6) is -0.123. The Hall–Kier alpha value is -3.49. The lowest BCUT2D eigenvalue weighted by Crippen LogP contribution is -2.38. The normalized spacial score (nSPS) is 16.2. The van der Waals surface area contributed by atoms with Crippen molar-refractivity contribution >= 4 is 11.6 Å². The molecule has 1 fully saturated rings. The van der Waals surface area contributed by atoms with Gasteiger partial charge in [0.1, 0.15) is 0 Å². The molecule has 1 N–H and O–H groups in total. The molecule has 0 bridgehead atoms. The Morgan fingerprint density at radius 1 is 1.16 bits per heavy atom. The van der Waals surface area contributed by atoms with Crippen LogP contribution in [0.4, 0.5) is 18.9 Å². The molecule has 3 aromatic rings. The van der Waals surface area contributed by atoms with Crippen molar-refractivity contribution in [3.05, 3.63) is 71.9 Å². The number of carbonyl (C=O) groups is 1. The number of halogens is 3. The lowest BCUT2D eigenvalue weighted by atomic mass is 10.1. The second kappa shape index (κ2) is 8.94. The van der Waals surface area contributed by atoms with Crippen molar-refractivity contribution in [3.8, 4) is 11.3 Å². The van der Waals surface area contributed by atoms with E-state index in [0.717, 1.165) is 34.8 Å². The third-order valence-corrected chi connectivity index (χ3v) is 5.44. The summed E-state index contributed by atoms with van der Waals surface area (Å²) < 4.78 is 38.8. The zero-order valence-corrected chi connectivity index (χ0v) is 17.4. The Bertz CT molecular complexity index is 1100. The van der Waals surface area contributed by atoms with Gasteiger partial charge in [-0.2, -0.15) is 13.2 Å². The third kappa shape index (κ3) is 5.04. The van der Waals surface area contributed by atoms with Crippen molar-refractivity contribution in [2.24, 2.45) is 0 Å². The predicted octanol–water partition coefficient (Wildman–Crippen LogP) is 3.80. The maximum Gasteiger partial charge on any atom is 0.417 e. The summed E-state index contributed by atoms with van der Waals surface area (Å²) in [7, 11) is 0. The molecule has 1 aliphatic heterocycles. The number of alkyl halides is 3. The maximum absolute atomic E-state index is 12.9. The number of aryl methyl sites for hydroxylation is 1. The number of hydrogen-bond donors (Lipinski definition) is 1. The second-order valence-electron chi connectivity index (χ2n) is 7.79. The molecule has 1 unspecified atom stereocenters. The molecule has 0 radical (unpaired) electrons. The Labute approximate surface area is 183 Å². The van der Waals surface area contributed by atoms with Crippen molar-refractivity contribution in [1.29, 1.82) is 0 Å². The van der Waals surface area contributed by atoms with Gasteiger partial charge >= 0.3 is 6.18 Å². The van der Waals surface area contributed by atoms with Gasteiger partial charge in [0, 0.05) is 43.3 Å². The van der Waals surface area contributed by atoms with Crippen LogP contribution in [0.15, 0.2) is 55.1 Å². The minimum absolute atomic E-state index is 0.123. The molecule has 32 heavy (non-hydrogen) atoms. The highest BCUT2D eigenvalue weighted by molar-refractivity contribution is 5.79. The number of nitrogens with zero attached hydrogens (tertiary/aromatic N) is 4. The van der Waals surface area contributed by atoms with Crippen LogP contribution in [0.2, 0.25) is 0 Å².